The summed E-state index contributed by atoms with van der Waals surface area (Å²) in [5.74, 6) is 0.0879. The van der Waals surface area contributed by atoms with Gasteiger partial charge in [-0.2, -0.15) is 0 Å². The van der Waals surface area contributed by atoms with Gasteiger partial charge >= 0.3 is 0 Å². The molecule has 0 saturated carbocycles. The Morgan fingerprint density at radius 1 is 1.14 bits per heavy atom. The molecule has 0 N–H and O–H groups in total. The third-order valence-corrected chi connectivity index (χ3v) is 4.01. The molecule has 118 valence electrons. The number of nitrogens with zero attached hydrogens (tertiary/aromatic N) is 2. The summed E-state index contributed by atoms with van der Waals surface area (Å²) in [6.07, 6.45) is 1.88. The fourth-order valence-electron chi connectivity index (χ4n) is 2.82. The van der Waals surface area contributed by atoms with Crippen LogP contribution in [0.5, 0.6) is 0 Å². The molecule has 0 radical (unpaired) electrons. The Balaban J connectivity index is 0.000000847. The second kappa shape index (κ2) is 6.33. The molecule has 1 aromatic heterocycles. The van der Waals surface area contributed by atoms with Gasteiger partial charge in [-0.3, -0.25) is 0 Å². The van der Waals surface area contributed by atoms with Crippen molar-refractivity contribution in [1.82, 2.24) is 9.97 Å². The molecule has 1 aromatic carbocycles. The first-order chi connectivity index (χ1) is 10.4. The Morgan fingerprint density at radius 3 is 2.50 bits per heavy atom. The summed E-state index contributed by atoms with van der Waals surface area (Å²) < 4.78 is 14.0. The van der Waals surface area contributed by atoms with Gasteiger partial charge in [-0.15, -0.1) is 0 Å². The van der Waals surface area contributed by atoms with Crippen molar-refractivity contribution < 1.29 is 4.39 Å². The van der Waals surface area contributed by atoms with Gasteiger partial charge in [0.1, 0.15) is 5.82 Å². The third-order valence-electron chi connectivity index (χ3n) is 3.77. The quantitative estimate of drug-likeness (QED) is 0.703. The van der Waals surface area contributed by atoms with Gasteiger partial charge in [0.05, 0.1) is 5.56 Å². The molecule has 0 spiro atoms. The van der Waals surface area contributed by atoms with Crippen molar-refractivity contribution in [2.24, 2.45) is 5.41 Å². The zero-order valence-corrected chi connectivity index (χ0v) is 14.6. The maximum atomic E-state index is 14.0. The highest BCUT2D eigenvalue weighted by Crippen LogP contribution is 2.37. The molecule has 0 unspecified atom stereocenters. The van der Waals surface area contributed by atoms with Crippen molar-refractivity contribution in [2.75, 3.05) is 0 Å². The minimum absolute atomic E-state index is 0.202. The van der Waals surface area contributed by atoms with Crippen LogP contribution in [0.3, 0.4) is 0 Å². The van der Waals surface area contributed by atoms with Gasteiger partial charge in [-0.25, -0.2) is 14.4 Å². The van der Waals surface area contributed by atoms with Gasteiger partial charge in [0.25, 0.3) is 0 Å². The van der Waals surface area contributed by atoms with E-state index in [1.807, 2.05) is 20.8 Å². The lowest BCUT2D eigenvalue weighted by molar-refractivity contribution is 0.390. The average molecular weight is 321 g/mol. The minimum Gasteiger partial charge on any atom is -0.233 e. The van der Waals surface area contributed by atoms with Gasteiger partial charge in [0.15, 0.2) is 5.82 Å². The highest BCUT2D eigenvalue weighted by molar-refractivity contribution is 6.30. The number of benzene rings is 1. The zero-order chi connectivity index (χ0) is 16.5. The molecule has 4 heteroatoms. The predicted octanol–water partition coefficient (Wildman–Crippen LogP) is 5.40. The van der Waals surface area contributed by atoms with E-state index in [4.69, 9.17) is 11.6 Å². The van der Waals surface area contributed by atoms with Crippen molar-refractivity contribution in [3.63, 3.8) is 0 Å². The number of aromatic nitrogens is 2. The standard InChI is InChI=1S/C16H16ClFN2.C2H6/c1-9-12-7-16(2,3)8-14(12)20-15(19-9)11-6-10(17)4-5-13(11)18;1-2/h4-6H,7-8H2,1-3H3;1-2H3. The van der Waals surface area contributed by atoms with E-state index in [1.165, 1.54) is 17.7 Å². The number of halogens is 2. The first kappa shape index (κ1) is 16.9. The van der Waals surface area contributed by atoms with Crippen LogP contribution in [-0.4, -0.2) is 9.97 Å². The molecule has 1 aliphatic carbocycles. The number of hydrogen-bond donors (Lipinski definition) is 0. The van der Waals surface area contributed by atoms with Gasteiger partial charge in [0, 0.05) is 16.4 Å². The predicted molar refractivity (Wildman–Crippen MR) is 89.7 cm³/mol. The highest BCUT2D eigenvalue weighted by Gasteiger charge is 2.31. The molecule has 0 amide bonds. The molecule has 0 atom stereocenters. The Hall–Kier alpha value is -1.48. The van der Waals surface area contributed by atoms with Crippen molar-refractivity contribution in [3.05, 3.63) is 46.0 Å². The Morgan fingerprint density at radius 2 is 1.82 bits per heavy atom. The summed E-state index contributed by atoms with van der Waals surface area (Å²) >= 11 is 5.95. The molecule has 2 aromatic rings. The molecule has 3 rings (SSSR count). The lowest BCUT2D eigenvalue weighted by atomic mass is 9.90. The first-order valence-corrected chi connectivity index (χ1v) is 8.05. The topological polar surface area (TPSA) is 25.8 Å². The highest BCUT2D eigenvalue weighted by atomic mass is 35.5. The monoisotopic (exact) mass is 320 g/mol. The molecule has 1 aliphatic rings. The number of hydrogen-bond acceptors (Lipinski definition) is 2. The summed E-state index contributed by atoms with van der Waals surface area (Å²) in [7, 11) is 0. The number of fused-ring (bicyclic) bond motifs is 1. The van der Waals surface area contributed by atoms with Gasteiger partial charge in [-0.05, 0) is 48.9 Å². The van der Waals surface area contributed by atoms with E-state index in [0.717, 1.165) is 24.2 Å². The summed E-state index contributed by atoms with van der Waals surface area (Å²) in [6.45, 7) is 10.4. The fraction of sp³-hybridized carbons (Fsp3) is 0.444. The van der Waals surface area contributed by atoms with E-state index < -0.39 is 0 Å². The van der Waals surface area contributed by atoms with Gasteiger partial charge in [-0.1, -0.05) is 39.3 Å². The second-order valence-electron chi connectivity index (χ2n) is 6.20. The van der Waals surface area contributed by atoms with Gasteiger partial charge < -0.3 is 0 Å². The summed E-state index contributed by atoms with van der Waals surface area (Å²) in [5.41, 5.74) is 3.76. The molecular formula is C18H22ClFN2. The number of aryl methyl sites for hydroxylation is 1. The summed E-state index contributed by atoms with van der Waals surface area (Å²) in [5, 5.41) is 0.489. The number of rotatable bonds is 1. The largest absolute Gasteiger partial charge is 0.233 e. The molecule has 0 aliphatic heterocycles. The van der Waals surface area contributed by atoms with Crippen LogP contribution >= 0.6 is 11.6 Å². The van der Waals surface area contributed by atoms with E-state index in [1.54, 1.807) is 6.07 Å². The SMILES string of the molecule is CC.Cc1nc(-c2cc(Cl)ccc2F)nc2c1CC(C)(C)C2. The van der Waals surface area contributed by atoms with Crippen molar-refractivity contribution in [2.45, 2.75) is 47.5 Å². The lowest BCUT2D eigenvalue weighted by Gasteiger charge is -2.14. The first-order valence-electron chi connectivity index (χ1n) is 7.67. The van der Waals surface area contributed by atoms with E-state index in [9.17, 15) is 4.39 Å². The lowest BCUT2D eigenvalue weighted by Crippen LogP contribution is -2.10. The van der Waals surface area contributed by atoms with E-state index >= 15 is 0 Å². The van der Waals surface area contributed by atoms with E-state index in [-0.39, 0.29) is 11.2 Å². The van der Waals surface area contributed by atoms with Crippen LogP contribution in [0.2, 0.25) is 5.02 Å². The van der Waals surface area contributed by atoms with Crippen molar-refractivity contribution in [3.8, 4) is 11.4 Å². The van der Waals surface area contributed by atoms with Crippen LogP contribution in [0.4, 0.5) is 4.39 Å². The Kier molecular flexibility index (Phi) is 4.86. The molecule has 0 bridgehead atoms. The Labute approximate surface area is 136 Å². The van der Waals surface area contributed by atoms with Crippen molar-refractivity contribution in [1.29, 1.82) is 0 Å². The average Bonchev–Trinajstić information content (AvgIpc) is 2.78. The minimum atomic E-state index is -0.342. The fourth-order valence-corrected chi connectivity index (χ4v) is 2.99. The van der Waals surface area contributed by atoms with E-state index in [0.29, 0.717) is 16.4 Å². The van der Waals surface area contributed by atoms with Crippen molar-refractivity contribution >= 4 is 11.6 Å². The second-order valence-corrected chi connectivity index (χ2v) is 6.64. The summed E-state index contributed by atoms with van der Waals surface area (Å²) in [4.78, 5) is 9.04. The van der Waals surface area contributed by atoms with Crippen LogP contribution in [0.1, 0.15) is 44.6 Å². The van der Waals surface area contributed by atoms with Crippen LogP contribution in [0.25, 0.3) is 11.4 Å². The molecule has 2 nitrogen and oxygen atoms in total. The molecule has 1 heterocycles. The van der Waals surface area contributed by atoms with Crippen LogP contribution < -0.4 is 0 Å². The molecule has 0 saturated heterocycles. The normalized spacial score (nSPS) is 15.0. The van der Waals surface area contributed by atoms with Gasteiger partial charge in [0.2, 0.25) is 0 Å². The third kappa shape index (κ3) is 3.30. The molecular weight excluding hydrogens is 299 g/mol. The smallest absolute Gasteiger partial charge is 0.162 e. The Bertz CT molecular complexity index is 696. The van der Waals surface area contributed by atoms with Crippen LogP contribution in [-0.2, 0) is 12.8 Å². The maximum absolute atomic E-state index is 14.0. The zero-order valence-electron chi connectivity index (χ0n) is 13.8. The van der Waals surface area contributed by atoms with Crippen LogP contribution in [0, 0.1) is 18.2 Å². The van der Waals surface area contributed by atoms with E-state index in [2.05, 4.69) is 23.8 Å². The summed E-state index contributed by atoms with van der Waals surface area (Å²) in [6, 6.07) is 4.47. The maximum Gasteiger partial charge on any atom is 0.162 e. The molecule has 22 heavy (non-hydrogen) atoms. The molecule has 0 fully saturated rings. The van der Waals surface area contributed by atoms with Crippen LogP contribution in [0.15, 0.2) is 18.2 Å².